The maximum absolute atomic E-state index is 9.42. The molecule has 0 aromatic rings. The minimum absolute atomic E-state index is 0.101. The van der Waals surface area contributed by atoms with Gasteiger partial charge in [-0.05, 0) is 39.2 Å². The van der Waals surface area contributed by atoms with Gasteiger partial charge in [0, 0.05) is 12.1 Å². The molecule has 3 heteroatoms. The maximum atomic E-state index is 9.42. The molecule has 0 amide bonds. The van der Waals surface area contributed by atoms with Crippen molar-refractivity contribution in [2.75, 3.05) is 20.3 Å². The molecule has 0 heterocycles. The van der Waals surface area contributed by atoms with Gasteiger partial charge in [-0.2, -0.15) is 0 Å². The van der Waals surface area contributed by atoms with Gasteiger partial charge >= 0.3 is 0 Å². The number of nitrogens with one attached hydrogen (secondary N) is 1. The number of hydrogen-bond acceptors (Lipinski definition) is 3. The molecule has 3 nitrogen and oxygen atoms in total. The molecule has 0 bridgehead atoms. The highest BCUT2D eigenvalue weighted by molar-refractivity contribution is 4.84. The van der Waals surface area contributed by atoms with Gasteiger partial charge in [0.25, 0.3) is 0 Å². The van der Waals surface area contributed by atoms with E-state index in [1.807, 2.05) is 7.05 Å². The minimum atomic E-state index is -0.101. The third kappa shape index (κ3) is 4.94. The second kappa shape index (κ2) is 8.06. The van der Waals surface area contributed by atoms with E-state index in [4.69, 9.17) is 4.74 Å². The van der Waals surface area contributed by atoms with E-state index >= 15 is 0 Å². The van der Waals surface area contributed by atoms with Gasteiger partial charge in [-0.25, -0.2) is 0 Å². The van der Waals surface area contributed by atoms with Crippen molar-refractivity contribution in [2.45, 2.75) is 69.9 Å². The highest BCUT2D eigenvalue weighted by Crippen LogP contribution is 2.21. The van der Waals surface area contributed by atoms with E-state index in [1.165, 1.54) is 32.1 Å². The Kier molecular flexibility index (Phi) is 7.09. The average molecular weight is 243 g/mol. The topological polar surface area (TPSA) is 41.5 Å². The van der Waals surface area contributed by atoms with Gasteiger partial charge in [-0.15, -0.1) is 0 Å². The van der Waals surface area contributed by atoms with Crippen molar-refractivity contribution in [1.29, 1.82) is 0 Å². The Hall–Kier alpha value is -0.120. The molecule has 1 fully saturated rings. The summed E-state index contributed by atoms with van der Waals surface area (Å²) in [6.07, 6.45) is 10.0. The lowest BCUT2D eigenvalue weighted by Gasteiger charge is -2.31. The van der Waals surface area contributed by atoms with Crippen LogP contribution in [0.25, 0.3) is 0 Å². The van der Waals surface area contributed by atoms with E-state index in [-0.39, 0.29) is 12.1 Å². The number of rotatable bonds is 8. The van der Waals surface area contributed by atoms with Crippen LogP contribution in [0, 0.1) is 0 Å². The fraction of sp³-hybridized carbons (Fsp3) is 1.00. The molecule has 102 valence electrons. The predicted octanol–water partition coefficient (Wildman–Crippen LogP) is 2.48. The van der Waals surface area contributed by atoms with Crippen molar-refractivity contribution in [3.05, 3.63) is 0 Å². The SMILES string of the molecule is CCC(CO)(CCCOC1CCCCC1)NC. The van der Waals surface area contributed by atoms with Crippen LogP contribution in [0.1, 0.15) is 58.3 Å². The molecule has 0 aromatic heterocycles. The van der Waals surface area contributed by atoms with E-state index in [1.54, 1.807) is 0 Å². The van der Waals surface area contributed by atoms with Crippen LogP contribution in [-0.2, 0) is 4.74 Å². The summed E-state index contributed by atoms with van der Waals surface area (Å²) >= 11 is 0. The molecule has 0 radical (unpaired) electrons. The first-order valence-corrected chi connectivity index (χ1v) is 7.17. The summed E-state index contributed by atoms with van der Waals surface area (Å²) in [5.41, 5.74) is -0.101. The van der Waals surface area contributed by atoms with Crippen LogP contribution in [0.5, 0.6) is 0 Å². The van der Waals surface area contributed by atoms with Crippen LogP contribution >= 0.6 is 0 Å². The van der Waals surface area contributed by atoms with Crippen molar-refractivity contribution in [3.8, 4) is 0 Å². The Morgan fingerprint density at radius 3 is 2.53 bits per heavy atom. The van der Waals surface area contributed by atoms with Gasteiger partial charge in [-0.3, -0.25) is 0 Å². The average Bonchev–Trinajstić information content (AvgIpc) is 2.41. The fourth-order valence-corrected chi connectivity index (χ4v) is 2.64. The highest BCUT2D eigenvalue weighted by atomic mass is 16.5. The number of aliphatic hydroxyl groups is 1. The fourth-order valence-electron chi connectivity index (χ4n) is 2.64. The van der Waals surface area contributed by atoms with Crippen molar-refractivity contribution in [2.24, 2.45) is 0 Å². The first kappa shape index (κ1) is 14.9. The molecule has 1 aliphatic carbocycles. The lowest BCUT2D eigenvalue weighted by Crippen LogP contribution is -2.46. The lowest BCUT2D eigenvalue weighted by molar-refractivity contribution is 0.0213. The normalized spacial score (nSPS) is 21.4. The van der Waals surface area contributed by atoms with Gasteiger partial charge in [0.2, 0.25) is 0 Å². The van der Waals surface area contributed by atoms with Crippen LogP contribution in [-0.4, -0.2) is 37.0 Å². The molecule has 1 saturated carbocycles. The molecular weight excluding hydrogens is 214 g/mol. The van der Waals surface area contributed by atoms with Crippen LogP contribution in [0.2, 0.25) is 0 Å². The van der Waals surface area contributed by atoms with E-state index in [0.29, 0.717) is 6.10 Å². The first-order chi connectivity index (χ1) is 8.26. The van der Waals surface area contributed by atoms with Gasteiger partial charge in [-0.1, -0.05) is 26.2 Å². The third-order valence-corrected chi connectivity index (χ3v) is 4.22. The van der Waals surface area contributed by atoms with E-state index in [9.17, 15) is 5.11 Å². The zero-order valence-corrected chi connectivity index (χ0v) is 11.5. The van der Waals surface area contributed by atoms with Crippen molar-refractivity contribution < 1.29 is 9.84 Å². The molecule has 1 aliphatic rings. The minimum Gasteiger partial charge on any atom is -0.394 e. The first-order valence-electron chi connectivity index (χ1n) is 7.17. The summed E-state index contributed by atoms with van der Waals surface area (Å²) in [6.45, 7) is 3.17. The zero-order valence-electron chi connectivity index (χ0n) is 11.5. The summed E-state index contributed by atoms with van der Waals surface area (Å²) in [6, 6.07) is 0. The lowest BCUT2D eigenvalue weighted by atomic mass is 9.91. The van der Waals surface area contributed by atoms with Crippen molar-refractivity contribution in [3.63, 3.8) is 0 Å². The Labute approximate surface area is 106 Å². The van der Waals surface area contributed by atoms with E-state index < -0.39 is 0 Å². The van der Waals surface area contributed by atoms with Crippen molar-refractivity contribution >= 4 is 0 Å². The monoisotopic (exact) mass is 243 g/mol. The molecule has 1 rings (SSSR count). The van der Waals surface area contributed by atoms with Gasteiger partial charge in [0.1, 0.15) is 0 Å². The Bertz CT molecular complexity index is 178. The standard InChI is InChI=1S/C14H29NO2/c1-3-14(12-16,15-2)10-7-11-17-13-8-5-4-6-9-13/h13,15-16H,3-12H2,1-2H3. The second-order valence-electron chi connectivity index (χ2n) is 5.28. The largest absolute Gasteiger partial charge is 0.394 e. The van der Waals surface area contributed by atoms with Gasteiger partial charge in [0.15, 0.2) is 0 Å². The molecule has 17 heavy (non-hydrogen) atoms. The molecule has 0 aliphatic heterocycles. The molecule has 2 N–H and O–H groups in total. The maximum Gasteiger partial charge on any atom is 0.0613 e. The van der Waals surface area contributed by atoms with Crippen LogP contribution in [0.15, 0.2) is 0 Å². The summed E-state index contributed by atoms with van der Waals surface area (Å²) in [7, 11) is 1.93. The van der Waals surface area contributed by atoms with Gasteiger partial charge < -0.3 is 15.2 Å². The van der Waals surface area contributed by atoms with E-state index in [0.717, 1.165) is 25.9 Å². The predicted molar refractivity (Wildman–Crippen MR) is 71.2 cm³/mol. The quantitative estimate of drug-likeness (QED) is 0.644. The zero-order chi connectivity index (χ0) is 12.6. The van der Waals surface area contributed by atoms with Crippen LogP contribution in [0.3, 0.4) is 0 Å². The highest BCUT2D eigenvalue weighted by Gasteiger charge is 2.24. The van der Waals surface area contributed by atoms with Gasteiger partial charge in [0.05, 0.1) is 12.7 Å². The molecule has 0 aromatic carbocycles. The number of hydrogen-bond donors (Lipinski definition) is 2. The third-order valence-electron chi connectivity index (χ3n) is 4.22. The molecule has 0 spiro atoms. The Morgan fingerprint density at radius 2 is 2.00 bits per heavy atom. The summed E-state index contributed by atoms with van der Waals surface area (Å²) in [4.78, 5) is 0. The second-order valence-corrected chi connectivity index (χ2v) is 5.28. The number of likely N-dealkylation sites (N-methyl/N-ethyl adjacent to an activating group) is 1. The smallest absolute Gasteiger partial charge is 0.0613 e. The molecule has 1 atom stereocenters. The Balaban J connectivity index is 2.13. The molecular formula is C14H29NO2. The molecule has 0 saturated heterocycles. The summed E-state index contributed by atoms with van der Waals surface area (Å²) < 4.78 is 5.90. The van der Waals surface area contributed by atoms with Crippen LogP contribution in [0.4, 0.5) is 0 Å². The summed E-state index contributed by atoms with van der Waals surface area (Å²) in [5.74, 6) is 0. The van der Waals surface area contributed by atoms with E-state index in [2.05, 4.69) is 12.2 Å². The number of ether oxygens (including phenoxy) is 1. The summed E-state index contributed by atoms with van der Waals surface area (Å²) in [5, 5.41) is 12.7. The Morgan fingerprint density at radius 1 is 1.29 bits per heavy atom. The van der Waals surface area contributed by atoms with Crippen molar-refractivity contribution in [1.82, 2.24) is 5.32 Å². The number of aliphatic hydroxyl groups excluding tert-OH is 1. The van der Waals surface area contributed by atoms with Crippen LogP contribution < -0.4 is 5.32 Å². The molecule has 1 unspecified atom stereocenters.